The number of benzene rings is 1. The van der Waals surface area contributed by atoms with E-state index in [0.29, 0.717) is 5.02 Å². The molecule has 0 saturated heterocycles. The molecule has 0 unspecified atom stereocenters. The van der Waals surface area contributed by atoms with Crippen LogP contribution in [0.25, 0.3) is 0 Å². The first kappa shape index (κ1) is 13.1. The highest BCUT2D eigenvalue weighted by atomic mass is 35.5. The Morgan fingerprint density at radius 1 is 1.33 bits per heavy atom. The minimum atomic E-state index is 0. The third-order valence-electron chi connectivity index (χ3n) is 2.64. The van der Waals surface area contributed by atoms with Crippen LogP contribution >= 0.6 is 35.6 Å². The van der Waals surface area contributed by atoms with Crippen LogP contribution in [0.3, 0.4) is 0 Å². The van der Waals surface area contributed by atoms with Crippen LogP contribution in [0.4, 0.5) is 0 Å². The monoisotopic (exact) mass is 265 g/mol. The third-order valence-corrected chi connectivity index (χ3v) is 3.22. The van der Waals surface area contributed by atoms with Gasteiger partial charge in [0.15, 0.2) is 0 Å². The summed E-state index contributed by atoms with van der Waals surface area (Å²) in [7, 11) is 0. The van der Waals surface area contributed by atoms with Gasteiger partial charge in [0.2, 0.25) is 0 Å². The van der Waals surface area contributed by atoms with E-state index in [2.05, 4.69) is 0 Å². The molecule has 84 valence electrons. The highest BCUT2D eigenvalue weighted by molar-refractivity contribution is 6.33. The third kappa shape index (κ3) is 3.53. The Bertz CT molecular complexity index is 337. The predicted molar refractivity (Wildman–Crippen MR) is 68.0 cm³/mol. The zero-order valence-electron chi connectivity index (χ0n) is 8.25. The topological polar surface area (TPSA) is 26.0 Å². The van der Waals surface area contributed by atoms with Crippen LogP contribution in [0.5, 0.6) is 0 Å². The molecule has 0 amide bonds. The summed E-state index contributed by atoms with van der Waals surface area (Å²) in [4.78, 5) is 0. The highest BCUT2D eigenvalue weighted by Crippen LogP contribution is 2.38. The average molecular weight is 267 g/mol. The van der Waals surface area contributed by atoms with Gasteiger partial charge in [-0.25, -0.2) is 0 Å². The molecule has 1 nitrogen and oxygen atoms in total. The number of nitrogens with two attached hydrogens (primary N) is 1. The van der Waals surface area contributed by atoms with Gasteiger partial charge in [0.05, 0.1) is 0 Å². The Hall–Kier alpha value is 0.0500. The molecule has 1 aromatic rings. The molecule has 0 heterocycles. The Labute approximate surface area is 106 Å². The Balaban J connectivity index is 0.00000112. The number of hydrogen-bond donors (Lipinski definition) is 1. The number of hydrogen-bond acceptors (Lipinski definition) is 1. The molecule has 1 aliphatic rings. The minimum absolute atomic E-state index is 0. The van der Waals surface area contributed by atoms with Crippen LogP contribution in [0.2, 0.25) is 10.0 Å². The quantitative estimate of drug-likeness (QED) is 0.871. The molecule has 1 atom stereocenters. The van der Waals surface area contributed by atoms with E-state index in [1.165, 1.54) is 12.8 Å². The van der Waals surface area contributed by atoms with Gasteiger partial charge in [-0.15, -0.1) is 12.4 Å². The summed E-state index contributed by atoms with van der Waals surface area (Å²) in [6.07, 6.45) is 3.65. The molecule has 0 aliphatic heterocycles. The van der Waals surface area contributed by atoms with E-state index in [9.17, 15) is 0 Å². The second-order valence-electron chi connectivity index (χ2n) is 3.95. The van der Waals surface area contributed by atoms with Crippen LogP contribution in [-0.2, 0) is 0 Å². The van der Waals surface area contributed by atoms with Crippen LogP contribution < -0.4 is 5.73 Å². The van der Waals surface area contributed by atoms with Gasteiger partial charge in [-0.1, -0.05) is 36.0 Å². The van der Waals surface area contributed by atoms with E-state index in [1.54, 1.807) is 6.07 Å². The molecule has 0 aromatic heterocycles. The van der Waals surface area contributed by atoms with Crippen molar-refractivity contribution in [3.05, 3.63) is 33.8 Å². The Morgan fingerprint density at radius 2 is 2.00 bits per heavy atom. The van der Waals surface area contributed by atoms with E-state index < -0.39 is 0 Å². The number of halogens is 3. The second-order valence-corrected chi connectivity index (χ2v) is 4.80. The number of rotatable bonds is 3. The molecular weight excluding hydrogens is 252 g/mol. The second kappa shape index (κ2) is 5.40. The lowest BCUT2D eigenvalue weighted by Gasteiger charge is -2.13. The normalized spacial score (nSPS) is 17.0. The standard InChI is InChI=1S/C11H13Cl2N.ClH/c12-8-3-4-10(13)9(6-8)11(14)5-7-1-2-7;/h3-4,6-7,11H,1-2,5,14H2;1H/t11-;/m0./s1. The first-order valence-electron chi connectivity index (χ1n) is 4.87. The predicted octanol–water partition coefficient (Wildman–Crippen LogP) is 4.22. The van der Waals surface area contributed by atoms with Gasteiger partial charge in [0.1, 0.15) is 0 Å². The zero-order valence-corrected chi connectivity index (χ0v) is 10.6. The van der Waals surface area contributed by atoms with Crippen molar-refractivity contribution < 1.29 is 0 Å². The van der Waals surface area contributed by atoms with Gasteiger partial charge in [-0.2, -0.15) is 0 Å². The van der Waals surface area contributed by atoms with Crippen molar-refractivity contribution in [2.75, 3.05) is 0 Å². The van der Waals surface area contributed by atoms with Crippen LogP contribution in [0, 0.1) is 5.92 Å². The van der Waals surface area contributed by atoms with Crippen molar-refractivity contribution in [3.63, 3.8) is 0 Å². The summed E-state index contributed by atoms with van der Waals surface area (Å²) in [5, 5.41) is 1.43. The molecule has 4 heteroatoms. The highest BCUT2D eigenvalue weighted by Gasteiger charge is 2.25. The van der Waals surface area contributed by atoms with Crippen molar-refractivity contribution in [3.8, 4) is 0 Å². The van der Waals surface area contributed by atoms with Crippen molar-refractivity contribution in [1.82, 2.24) is 0 Å². The lowest BCUT2D eigenvalue weighted by atomic mass is 10.0. The maximum absolute atomic E-state index is 6.06. The fourth-order valence-corrected chi connectivity index (χ4v) is 2.08. The van der Waals surface area contributed by atoms with Crippen LogP contribution in [0.15, 0.2) is 18.2 Å². The molecule has 2 N–H and O–H groups in total. The molecule has 1 saturated carbocycles. The van der Waals surface area contributed by atoms with Crippen molar-refractivity contribution in [2.45, 2.75) is 25.3 Å². The van der Waals surface area contributed by atoms with Crippen LogP contribution in [-0.4, -0.2) is 0 Å². The maximum atomic E-state index is 6.06. The summed E-state index contributed by atoms with van der Waals surface area (Å²) in [5.41, 5.74) is 7.04. The lowest BCUT2D eigenvalue weighted by Crippen LogP contribution is -2.11. The summed E-state index contributed by atoms with van der Waals surface area (Å²) < 4.78 is 0. The summed E-state index contributed by atoms with van der Waals surface area (Å²) in [6.45, 7) is 0. The van der Waals surface area contributed by atoms with E-state index >= 15 is 0 Å². The van der Waals surface area contributed by atoms with Gasteiger partial charge >= 0.3 is 0 Å². The van der Waals surface area contributed by atoms with E-state index in [-0.39, 0.29) is 18.4 Å². The maximum Gasteiger partial charge on any atom is 0.0454 e. The Kier molecular flexibility index (Phi) is 4.72. The fraction of sp³-hybridized carbons (Fsp3) is 0.455. The van der Waals surface area contributed by atoms with E-state index in [0.717, 1.165) is 22.9 Å². The summed E-state index contributed by atoms with van der Waals surface area (Å²) in [5.74, 6) is 0.806. The summed E-state index contributed by atoms with van der Waals surface area (Å²) in [6, 6.07) is 5.51. The average Bonchev–Trinajstić information content (AvgIpc) is 2.93. The first-order chi connectivity index (χ1) is 6.66. The SMILES string of the molecule is Cl.N[C@@H](CC1CC1)c1cc(Cl)ccc1Cl. The Morgan fingerprint density at radius 3 is 2.60 bits per heavy atom. The van der Waals surface area contributed by atoms with E-state index in [4.69, 9.17) is 28.9 Å². The van der Waals surface area contributed by atoms with Gasteiger partial charge in [0, 0.05) is 16.1 Å². The van der Waals surface area contributed by atoms with E-state index in [1.807, 2.05) is 12.1 Å². The lowest BCUT2D eigenvalue weighted by molar-refractivity contribution is 0.597. The van der Waals surface area contributed by atoms with Crippen LogP contribution in [0.1, 0.15) is 30.9 Å². The molecule has 1 aromatic carbocycles. The first-order valence-corrected chi connectivity index (χ1v) is 5.63. The smallest absolute Gasteiger partial charge is 0.0454 e. The molecule has 1 fully saturated rings. The molecular formula is C11H14Cl3N. The zero-order chi connectivity index (χ0) is 10.1. The molecule has 15 heavy (non-hydrogen) atoms. The molecule has 0 radical (unpaired) electrons. The van der Waals surface area contributed by atoms with Gasteiger partial charge < -0.3 is 5.73 Å². The van der Waals surface area contributed by atoms with Gasteiger partial charge in [-0.05, 0) is 36.1 Å². The minimum Gasteiger partial charge on any atom is -0.324 e. The molecule has 0 spiro atoms. The molecule has 1 aliphatic carbocycles. The van der Waals surface area contributed by atoms with Crippen molar-refractivity contribution in [1.29, 1.82) is 0 Å². The largest absolute Gasteiger partial charge is 0.324 e. The molecule has 2 rings (SSSR count). The molecule has 0 bridgehead atoms. The summed E-state index contributed by atoms with van der Waals surface area (Å²) >= 11 is 12.0. The fourth-order valence-electron chi connectivity index (χ4n) is 1.64. The van der Waals surface area contributed by atoms with Crippen molar-refractivity contribution >= 4 is 35.6 Å². The van der Waals surface area contributed by atoms with Gasteiger partial charge in [-0.3, -0.25) is 0 Å². The van der Waals surface area contributed by atoms with Gasteiger partial charge in [0.25, 0.3) is 0 Å². The van der Waals surface area contributed by atoms with Crippen molar-refractivity contribution in [2.24, 2.45) is 11.7 Å².